The van der Waals surface area contributed by atoms with Gasteiger partial charge in [-0.2, -0.15) is 6.42 Å². The number of anilines is 1. The van der Waals surface area contributed by atoms with E-state index in [1.807, 2.05) is 0 Å². The first-order valence-corrected chi connectivity index (χ1v) is 8.16. The third kappa shape index (κ3) is 5.97. The fraction of sp³-hybridized carbons (Fsp3) is 0.500. The van der Waals surface area contributed by atoms with E-state index < -0.39 is 11.7 Å². The van der Waals surface area contributed by atoms with Gasteiger partial charge in [0, 0.05) is 38.3 Å². The maximum atomic E-state index is 14.2. The first-order chi connectivity index (χ1) is 11.1. The Labute approximate surface area is 193 Å². The average Bonchev–Trinajstić information content (AvgIpc) is 3.38. The van der Waals surface area contributed by atoms with Gasteiger partial charge in [-0.15, -0.1) is 6.04 Å². The Hall–Kier alpha value is -0.0536. The molecular formula is C18H26FKN4O-2. The molecule has 1 atom stereocenters. The van der Waals surface area contributed by atoms with Crippen molar-refractivity contribution in [1.29, 1.82) is 0 Å². The summed E-state index contributed by atoms with van der Waals surface area (Å²) in [6.45, 7) is 11.3. The molecule has 1 N–H and O–H groups in total. The number of amides is 1. The van der Waals surface area contributed by atoms with Crippen LogP contribution in [0.3, 0.4) is 0 Å². The first-order valence-electron chi connectivity index (χ1n) is 8.16. The summed E-state index contributed by atoms with van der Waals surface area (Å²) >= 11 is 0. The van der Waals surface area contributed by atoms with Crippen LogP contribution in [-0.4, -0.2) is 54.1 Å². The summed E-state index contributed by atoms with van der Waals surface area (Å²) in [5.74, 6) is -0.979. The van der Waals surface area contributed by atoms with E-state index in [-0.39, 0.29) is 76.6 Å². The number of nitrogens with zero attached hydrogens (tertiary/aromatic N) is 3. The third-order valence-electron chi connectivity index (χ3n) is 4.48. The van der Waals surface area contributed by atoms with E-state index in [4.69, 9.17) is 0 Å². The molecular weight excluding hydrogens is 346 g/mol. The molecule has 25 heavy (non-hydrogen) atoms. The smallest absolute Gasteiger partial charge is 0.368 e. The molecule has 5 nitrogen and oxygen atoms in total. The Balaban J connectivity index is 0.00000156. The quantitative estimate of drug-likeness (QED) is 0.539. The van der Waals surface area contributed by atoms with E-state index in [1.54, 1.807) is 6.20 Å². The molecule has 0 radical (unpaired) electrons. The molecule has 1 unspecified atom stereocenters. The number of aromatic nitrogens is 1. The van der Waals surface area contributed by atoms with Gasteiger partial charge in [-0.25, -0.2) is 9.37 Å². The maximum absolute atomic E-state index is 14.2. The standard InChI is InChI=1S/C17H23FN4O.CH3.K/c1-3-12(2)21-6-8-22(9-7-21)14-10-15(18)16(19-11-14)17(23)20-13-4-5-13;;/h10-13H,1-9H2,(H,20,23);1H3;/q-2;-1;+1. The van der Waals surface area contributed by atoms with Gasteiger partial charge in [-0.05, 0) is 12.8 Å². The molecule has 3 rings (SSSR count). The van der Waals surface area contributed by atoms with Crippen molar-refractivity contribution < 1.29 is 60.6 Å². The molecule has 2 heterocycles. The average molecular weight is 373 g/mol. The van der Waals surface area contributed by atoms with Gasteiger partial charge in [0.15, 0.2) is 11.5 Å². The molecule has 1 aliphatic heterocycles. The van der Waals surface area contributed by atoms with Gasteiger partial charge in [0.1, 0.15) is 0 Å². The number of nitrogens with one attached hydrogen (secondary N) is 1. The molecule has 7 heteroatoms. The van der Waals surface area contributed by atoms with E-state index in [2.05, 4.69) is 33.9 Å². The van der Waals surface area contributed by atoms with Crippen LogP contribution >= 0.6 is 0 Å². The summed E-state index contributed by atoms with van der Waals surface area (Å²) in [5.41, 5.74) is 0.606. The number of hydrogen-bond donors (Lipinski definition) is 1. The molecule has 1 saturated carbocycles. The fourth-order valence-corrected chi connectivity index (χ4v) is 2.78. The Morgan fingerprint density at radius 1 is 1.36 bits per heavy atom. The van der Waals surface area contributed by atoms with Crippen LogP contribution in [0, 0.1) is 27.1 Å². The van der Waals surface area contributed by atoms with Crippen LogP contribution in [0.2, 0.25) is 0 Å². The van der Waals surface area contributed by atoms with Gasteiger partial charge in [0.25, 0.3) is 5.91 Å². The van der Waals surface area contributed by atoms with Crippen LogP contribution in [-0.2, 0) is 0 Å². The van der Waals surface area contributed by atoms with E-state index in [0.717, 1.165) is 51.1 Å². The van der Waals surface area contributed by atoms with Crippen molar-refractivity contribution in [1.82, 2.24) is 15.2 Å². The van der Waals surface area contributed by atoms with Crippen LogP contribution in [0.5, 0.6) is 0 Å². The maximum Gasteiger partial charge on any atom is 1.00 e. The Morgan fingerprint density at radius 2 is 2.00 bits per heavy atom. The predicted octanol–water partition coefficient (Wildman–Crippen LogP) is -0.884. The number of pyridine rings is 1. The van der Waals surface area contributed by atoms with Crippen molar-refractivity contribution in [2.24, 2.45) is 0 Å². The summed E-state index contributed by atoms with van der Waals surface area (Å²) in [7, 11) is 0. The molecule has 1 amide bonds. The van der Waals surface area contributed by atoms with Crippen molar-refractivity contribution >= 4 is 11.6 Å². The summed E-state index contributed by atoms with van der Waals surface area (Å²) in [6, 6.07) is 1.83. The molecule has 134 valence electrons. The van der Waals surface area contributed by atoms with Gasteiger partial charge in [-0.1, -0.05) is 0 Å². The van der Waals surface area contributed by atoms with Gasteiger partial charge < -0.3 is 36.4 Å². The van der Waals surface area contributed by atoms with E-state index in [0.29, 0.717) is 0 Å². The molecule has 0 aromatic carbocycles. The minimum Gasteiger partial charge on any atom is -0.368 e. The van der Waals surface area contributed by atoms with Gasteiger partial charge in [0.2, 0.25) is 0 Å². The second-order valence-electron chi connectivity index (χ2n) is 6.24. The Bertz CT molecular complexity index is 574. The molecule has 0 bridgehead atoms. The van der Waals surface area contributed by atoms with Crippen molar-refractivity contribution in [2.45, 2.75) is 31.3 Å². The number of hydrogen-bond acceptors (Lipinski definition) is 4. The molecule has 1 saturated heterocycles. The van der Waals surface area contributed by atoms with Crippen molar-refractivity contribution in [2.75, 3.05) is 31.1 Å². The number of halogens is 1. The van der Waals surface area contributed by atoms with Crippen molar-refractivity contribution in [3.8, 4) is 0 Å². The fourth-order valence-electron chi connectivity index (χ4n) is 2.78. The Morgan fingerprint density at radius 3 is 2.52 bits per heavy atom. The summed E-state index contributed by atoms with van der Waals surface area (Å²) in [6.07, 6.45) is 4.30. The summed E-state index contributed by atoms with van der Waals surface area (Å²) in [5, 5.41) is 2.76. The third-order valence-corrected chi connectivity index (χ3v) is 4.48. The van der Waals surface area contributed by atoms with Crippen molar-refractivity contribution in [3.63, 3.8) is 0 Å². The van der Waals surface area contributed by atoms with Crippen LogP contribution in [0.4, 0.5) is 10.1 Å². The number of rotatable bonds is 5. The first kappa shape index (κ1) is 23.0. The van der Waals surface area contributed by atoms with Crippen LogP contribution in [0.25, 0.3) is 0 Å². The van der Waals surface area contributed by atoms with Gasteiger partial charge in [0.05, 0.1) is 11.9 Å². The molecule has 2 aliphatic rings. The van der Waals surface area contributed by atoms with Crippen LogP contribution in [0.1, 0.15) is 29.8 Å². The predicted molar refractivity (Wildman–Crippen MR) is 94.0 cm³/mol. The normalized spacial score (nSPS) is 18.8. The number of carbonyl (C=O) groups is 1. The topological polar surface area (TPSA) is 48.5 Å². The zero-order valence-corrected chi connectivity index (χ0v) is 18.4. The number of carbonyl (C=O) groups excluding carboxylic acids is 1. The van der Waals surface area contributed by atoms with E-state index >= 15 is 0 Å². The SMILES string of the molecule is [CH2-]CC([CH2-])N1CCN(c2cnc(C(=O)NC3CC3)c(F)c2)CC1.[CH3-].[K+]. The minimum absolute atomic E-state index is 0. The molecule has 1 aromatic rings. The monoisotopic (exact) mass is 372 g/mol. The van der Waals surface area contributed by atoms with Crippen LogP contribution in [0.15, 0.2) is 12.3 Å². The second-order valence-corrected chi connectivity index (χ2v) is 6.24. The zero-order valence-electron chi connectivity index (χ0n) is 15.3. The molecule has 1 aliphatic carbocycles. The number of piperazine rings is 1. The Kier molecular flexibility index (Phi) is 9.49. The zero-order chi connectivity index (χ0) is 16.4. The largest absolute Gasteiger partial charge is 1.00 e. The molecule has 1 aromatic heterocycles. The summed E-state index contributed by atoms with van der Waals surface area (Å²) < 4.78 is 14.2. The van der Waals surface area contributed by atoms with Crippen LogP contribution < -0.4 is 61.6 Å². The van der Waals surface area contributed by atoms with Gasteiger partial charge in [-0.3, -0.25) is 4.79 Å². The molecule has 0 spiro atoms. The van der Waals surface area contributed by atoms with Gasteiger partial charge >= 0.3 is 51.4 Å². The molecule has 2 fully saturated rings. The second kappa shape index (κ2) is 10.3. The minimum atomic E-state index is -0.559. The van der Waals surface area contributed by atoms with E-state index in [9.17, 15) is 9.18 Å². The van der Waals surface area contributed by atoms with Crippen molar-refractivity contribution in [3.05, 3.63) is 45.0 Å². The summed E-state index contributed by atoms with van der Waals surface area (Å²) in [4.78, 5) is 20.3. The van der Waals surface area contributed by atoms with E-state index in [1.165, 1.54) is 6.07 Å².